The van der Waals surface area contributed by atoms with Gasteiger partial charge in [-0.15, -0.1) is 0 Å². The number of nitrogens with zero attached hydrogens (tertiary/aromatic N) is 2. The minimum Gasteiger partial charge on any atom is -0.490 e. The number of benzene rings is 1. The highest BCUT2D eigenvalue weighted by atomic mass is 19.1. The van der Waals surface area contributed by atoms with Gasteiger partial charge >= 0.3 is 0 Å². The number of hydrogen-bond donors (Lipinski definition) is 1. The largest absolute Gasteiger partial charge is 0.490 e. The molecule has 0 aliphatic carbocycles. The molecule has 5 nitrogen and oxygen atoms in total. The Bertz CT molecular complexity index is 807. The van der Waals surface area contributed by atoms with E-state index in [0.29, 0.717) is 17.9 Å². The molecule has 128 valence electrons. The number of nitrogens with one attached hydrogen (secondary N) is 1. The first-order valence-corrected chi connectivity index (χ1v) is 7.82. The molecule has 0 spiro atoms. The number of halogens is 2. The van der Waals surface area contributed by atoms with Gasteiger partial charge in [0.25, 0.3) is 5.56 Å². The van der Waals surface area contributed by atoms with Crippen molar-refractivity contribution in [2.75, 3.05) is 13.7 Å². The van der Waals surface area contributed by atoms with Crippen molar-refractivity contribution in [3.63, 3.8) is 0 Å². The van der Waals surface area contributed by atoms with E-state index in [0.717, 1.165) is 12.8 Å². The molecule has 1 aromatic carbocycles. The summed E-state index contributed by atoms with van der Waals surface area (Å²) in [6, 6.07) is 2.53. The Morgan fingerprint density at radius 2 is 2.21 bits per heavy atom. The SMILES string of the molecule is COc1cnc(C2CCCN2Cc2c(F)ccc(C)c2F)[nH]c1=O. The Kier molecular flexibility index (Phi) is 4.62. The van der Waals surface area contributed by atoms with Crippen LogP contribution in [0.25, 0.3) is 0 Å². The van der Waals surface area contributed by atoms with Crippen molar-refractivity contribution in [3.05, 3.63) is 57.3 Å². The topological polar surface area (TPSA) is 58.2 Å². The zero-order chi connectivity index (χ0) is 17.3. The van der Waals surface area contributed by atoms with Crippen LogP contribution in [-0.4, -0.2) is 28.5 Å². The first-order valence-electron chi connectivity index (χ1n) is 7.82. The molecule has 2 heterocycles. The number of methoxy groups -OCH3 is 1. The average molecular weight is 335 g/mol. The minimum absolute atomic E-state index is 0.0535. The van der Waals surface area contributed by atoms with Crippen LogP contribution < -0.4 is 10.3 Å². The summed E-state index contributed by atoms with van der Waals surface area (Å²) in [6.45, 7) is 2.44. The zero-order valence-corrected chi connectivity index (χ0v) is 13.6. The highest BCUT2D eigenvalue weighted by molar-refractivity contribution is 5.27. The lowest BCUT2D eigenvalue weighted by Crippen LogP contribution is -2.27. The summed E-state index contributed by atoms with van der Waals surface area (Å²) in [6.07, 6.45) is 3.01. The van der Waals surface area contributed by atoms with Gasteiger partial charge in [0.2, 0.25) is 5.75 Å². The normalized spacial score (nSPS) is 18.1. The molecule has 24 heavy (non-hydrogen) atoms. The van der Waals surface area contributed by atoms with Gasteiger partial charge in [0.1, 0.15) is 17.5 Å². The van der Waals surface area contributed by atoms with Crippen molar-refractivity contribution in [1.29, 1.82) is 0 Å². The van der Waals surface area contributed by atoms with Crippen LogP contribution in [0.5, 0.6) is 5.75 Å². The van der Waals surface area contributed by atoms with Crippen LogP contribution in [-0.2, 0) is 6.54 Å². The van der Waals surface area contributed by atoms with Crippen molar-refractivity contribution >= 4 is 0 Å². The van der Waals surface area contributed by atoms with Crippen molar-refractivity contribution in [2.24, 2.45) is 0 Å². The van der Waals surface area contributed by atoms with Crippen LogP contribution in [0.3, 0.4) is 0 Å². The first kappa shape index (κ1) is 16.6. The van der Waals surface area contributed by atoms with Gasteiger partial charge in [0, 0.05) is 12.1 Å². The maximum Gasteiger partial charge on any atom is 0.293 e. The quantitative estimate of drug-likeness (QED) is 0.933. The molecule has 1 atom stereocenters. The van der Waals surface area contributed by atoms with Gasteiger partial charge in [-0.05, 0) is 37.9 Å². The lowest BCUT2D eigenvalue weighted by molar-refractivity contribution is 0.232. The monoisotopic (exact) mass is 335 g/mol. The van der Waals surface area contributed by atoms with Gasteiger partial charge in [-0.1, -0.05) is 6.07 Å². The predicted octanol–water partition coefficient (Wildman–Crippen LogP) is 2.70. The van der Waals surface area contributed by atoms with Crippen LogP contribution >= 0.6 is 0 Å². The molecule has 0 amide bonds. The third-order valence-corrected chi connectivity index (χ3v) is 4.43. The fourth-order valence-electron chi connectivity index (χ4n) is 3.10. The van der Waals surface area contributed by atoms with Gasteiger partial charge in [0.15, 0.2) is 0 Å². The van der Waals surface area contributed by atoms with E-state index in [1.807, 2.05) is 4.90 Å². The number of rotatable bonds is 4. The molecule has 0 radical (unpaired) electrons. The Morgan fingerprint density at radius 3 is 2.92 bits per heavy atom. The first-order chi connectivity index (χ1) is 11.5. The molecule has 0 saturated carbocycles. The Balaban J connectivity index is 1.88. The highest BCUT2D eigenvalue weighted by Gasteiger charge is 2.29. The summed E-state index contributed by atoms with van der Waals surface area (Å²) in [7, 11) is 1.40. The molecule has 3 rings (SSSR count). The highest BCUT2D eigenvalue weighted by Crippen LogP contribution is 2.32. The number of hydrogen-bond acceptors (Lipinski definition) is 4. The van der Waals surface area contributed by atoms with Crippen molar-refractivity contribution < 1.29 is 13.5 Å². The third-order valence-electron chi connectivity index (χ3n) is 4.43. The van der Waals surface area contributed by atoms with Crippen LogP contribution in [0.15, 0.2) is 23.1 Å². The lowest BCUT2D eigenvalue weighted by atomic mass is 10.1. The molecule has 1 fully saturated rings. The van der Waals surface area contributed by atoms with Gasteiger partial charge in [-0.3, -0.25) is 9.69 Å². The van der Waals surface area contributed by atoms with E-state index in [9.17, 15) is 13.6 Å². The molecule has 1 aromatic heterocycles. The number of aryl methyl sites for hydroxylation is 1. The molecule has 2 aromatic rings. The second kappa shape index (κ2) is 6.68. The fourth-order valence-corrected chi connectivity index (χ4v) is 3.10. The van der Waals surface area contributed by atoms with Crippen molar-refractivity contribution in [2.45, 2.75) is 32.4 Å². The van der Waals surface area contributed by atoms with Gasteiger partial charge in [-0.25, -0.2) is 13.8 Å². The van der Waals surface area contributed by atoms with Gasteiger partial charge in [-0.2, -0.15) is 0 Å². The fraction of sp³-hybridized carbons (Fsp3) is 0.412. The van der Waals surface area contributed by atoms with E-state index in [2.05, 4.69) is 9.97 Å². The standard InChI is InChI=1S/C17H19F2N3O2/c1-10-5-6-12(18)11(15(10)19)9-22-7-3-4-13(22)16-20-8-14(24-2)17(23)21-16/h5-6,8,13H,3-4,7,9H2,1-2H3,(H,20,21,23). The van der Waals surface area contributed by atoms with Crippen molar-refractivity contribution in [3.8, 4) is 5.75 Å². The van der Waals surface area contributed by atoms with E-state index in [-0.39, 0.29) is 29.5 Å². The minimum atomic E-state index is -0.556. The zero-order valence-electron chi connectivity index (χ0n) is 13.6. The number of H-pyrrole nitrogens is 1. The van der Waals surface area contributed by atoms with E-state index in [1.54, 1.807) is 6.92 Å². The molecule has 1 N–H and O–H groups in total. The van der Waals surface area contributed by atoms with E-state index >= 15 is 0 Å². The Hall–Kier alpha value is -2.28. The van der Waals surface area contributed by atoms with Crippen LogP contribution in [0, 0.1) is 18.6 Å². The average Bonchev–Trinajstić information content (AvgIpc) is 3.03. The summed E-state index contributed by atoms with van der Waals surface area (Å²) < 4.78 is 33.2. The number of likely N-dealkylation sites (tertiary alicyclic amines) is 1. The molecular formula is C17H19F2N3O2. The summed E-state index contributed by atoms with van der Waals surface area (Å²) in [5.74, 6) is -0.442. The molecule has 1 aliphatic heterocycles. The lowest BCUT2D eigenvalue weighted by Gasteiger charge is -2.24. The maximum atomic E-state index is 14.3. The summed E-state index contributed by atoms with van der Waals surface area (Å²) in [4.78, 5) is 20.8. The second-order valence-corrected chi connectivity index (χ2v) is 5.95. The summed E-state index contributed by atoms with van der Waals surface area (Å²) >= 11 is 0. The summed E-state index contributed by atoms with van der Waals surface area (Å²) in [5.41, 5.74) is 0.109. The molecule has 7 heteroatoms. The van der Waals surface area contributed by atoms with E-state index < -0.39 is 11.6 Å². The molecular weight excluding hydrogens is 316 g/mol. The van der Waals surface area contributed by atoms with Crippen LogP contribution in [0.4, 0.5) is 8.78 Å². The number of ether oxygens (including phenoxy) is 1. The summed E-state index contributed by atoms with van der Waals surface area (Å²) in [5, 5.41) is 0. The molecule has 1 unspecified atom stereocenters. The smallest absolute Gasteiger partial charge is 0.293 e. The molecule has 1 saturated heterocycles. The van der Waals surface area contributed by atoms with Gasteiger partial charge in [0.05, 0.1) is 19.3 Å². The second-order valence-electron chi connectivity index (χ2n) is 5.95. The predicted molar refractivity (Wildman–Crippen MR) is 84.9 cm³/mol. The van der Waals surface area contributed by atoms with Gasteiger partial charge < -0.3 is 9.72 Å². The van der Waals surface area contributed by atoms with E-state index in [4.69, 9.17) is 4.74 Å². The Morgan fingerprint density at radius 1 is 1.42 bits per heavy atom. The molecule has 0 bridgehead atoms. The van der Waals surface area contributed by atoms with Crippen LogP contribution in [0.1, 0.15) is 35.8 Å². The Labute approximate surface area is 138 Å². The van der Waals surface area contributed by atoms with Crippen LogP contribution in [0.2, 0.25) is 0 Å². The number of aromatic amines is 1. The van der Waals surface area contributed by atoms with Crippen molar-refractivity contribution in [1.82, 2.24) is 14.9 Å². The maximum absolute atomic E-state index is 14.3. The molecule has 1 aliphatic rings. The number of aromatic nitrogens is 2. The van der Waals surface area contributed by atoms with E-state index in [1.165, 1.54) is 25.4 Å². The third kappa shape index (κ3) is 3.03.